The summed E-state index contributed by atoms with van der Waals surface area (Å²) in [4.78, 5) is 15.5. The summed E-state index contributed by atoms with van der Waals surface area (Å²) in [6, 6.07) is 1.88. The minimum Gasteiger partial charge on any atom is -0.397 e. The number of pyridine rings is 1. The van der Waals surface area contributed by atoms with Crippen LogP contribution in [0, 0.1) is 6.92 Å². The molecule has 0 spiro atoms. The molecule has 0 aliphatic carbocycles. The minimum atomic E-state index is -0.522. The van der Waals surface area contributed by atoms with Crippen molar-refractivity contribution in [1.82, 2.24) is 0 Å². The van der Waals surface area contributed by atoms with E-state index in [1.165, 1.54) is 11.3 Å². The zero-order valence-electron chi connectivity index (χ0n) is 9.91. The molecule has 0 unspecified atom stereocenters. The Morgan fingerprint density at radius 2 is 2.33 bits per heavy atom. The number of hydrogen-bond donors (Lipinski definition) is 4. The van der Waals surface area contributed by atoms with E-state index in [4.69, 9.17) is 16.6 Å². The monoisotopic (exact) mass is 267 g/mol. The molecule has 0 saturated heterocycles. The van der Waals surface area contributed by atoms with Gasteiger partial charge in [0.25, 0.3) is 11.7 Å². The summed E-state index contributed by atoms with van der Waals surface area (Å²) in [5, 5.41) is 12.6. The third-order valence-corrected chi connectivity index (χ3v) is 3.74. The van der Waals surface area contributed by atoms with E-state index in [0.29, 0.717) is 17.1 Å². The van der Waals surface area contributed by atoms with Gasteiger partial charge in [0, 0.05) is 6.07 Å². The highest BCUT2D eigenvalue weighted by atomic mass is 32.1. The summed E-state index contributed by atoms with van der Waals surface area (Å²) in [5.41, 5.74) is 12.6. The van der Waals surface area contributed by atoms with E-state index in [2.05, 4.69) is 10.3 Å². The lowest BCUT2D eigenvalue weighted by atomic mass is 10.1. The van der Waals surface area contributed by atoms with E-state index in [9.17, 15) is 4.79 Å². The van der Waals surface area contributed by atoms with Gasteiger partial charge in [0.05, 0.1) is 17.7 Å². The molecule has 0 atom stereocenters. The topological polar surface area (TPSA) is 116 Å². The van der Waals surface area contributed by atoms with E-state index in [1.54, 1.807) is 0 Å². The van der Waals surface area contributed by atoms with Crippen LogP contribution in [-0.2, 0) is 0 Å². The third kappa shape index (κ3) is 2.09. The van der Waals surface area contributed by atoms with E-state index in [-0.39, 0.29) is 6.61 Å². The van der Waals surface area contributed by atoms with Crippen LogP contribution in [0.25, 0.3) is 10.2 Å². The number of fused-ring (bicyclic) bond motifs is 1. The molecule has 2 rings (SSSR count). The number of H-pyrrole nitrogens is 1. The second-order valence-electron chi connectivity index (χ2n) is 3.93. The lowest BCUT2D eigenvalue weighted by Crippen LogP contribution is -2.16. The molecule has 2 aromatic rings. The number of aliphatic hydroxyl groups excluding tert-OH is 1. The molecule has 18 heavy (non-hydrogen) atoms. The summed E-state index contributed by atoms with van der Waals surface area (Å²) in [7, 11) is 0. The lowest BCUT2D eigenvalue weighted by molar-refractivity contribution is -0.324. The highest BCUT2D eigenvalue weighted by Gasteiger charge is 2.19. The highest BCUT2D eigenvalue weighted by Crippen LogP contribution is 2.33. The van der Waals surface area contributed by atoms with Crippen molar-refractivity contribution >= 4 is 39.0 Å². The molecule has 0 aromatic carbocycles. The number of nitrogen functional groups attached to an aromatic ring is 1. The number of anilines is 2. The number of rotatable bonds is 4. The number of aromatic nitrogens is 1. The van der Waals surface area contributed by atoms with Crippen LogP contribution in [0.3, 0.4) is 0 Å². The maximum absolute atomic E-state index is 11.2. The number of aromatic amines is 1. The van der Waals surface area contributed by atoms with Gasteiger partial charge in [-0.1, -0.05) is 11.3 Å². The maximum Gasteiger partial charge on any atom is 0.273 e. The van der Waals surface area contributed by atoms with Gasteiger partial charge in [-0.25, -0.2) is 4.98 Å². The van der Waals surface area contributed by atoms with Crippen LogP contribution in [0.4, 0.5) is 11.5 Å². The van der Waals surface area contributed by atoms with Crippen molar-refractivity contribution in [3.8, 4) is 0 Å². The van der Waals surface area contributed by atoms with Gasteiger partial charge < -0.3 is 16.6 Å². The van der Waals surface area contributed by atoms with Gasteiger partial charge in [0.1, 0.15) is 11.4 Å². The number of aliphatic hydroxyl groups is 1. The van der Waals surface area contributed by atoms with Crippen molar-refractivity contribution in [3.05, 3.63) is 16.5 Å². The van der Waals surface area contributed by atoms with Crippen molar-refractivity contribution in [2.45, 2.75) is 6.92 Å². The average Bonchev–Trinajstić information content (AvgIpc) is 2.64. The predicted octanol–water partition coefficient (Wildman–Crippen LogP) is 0.109. The summed E-state index contributed by atoms with van der Waals surface area (Å²) >= 11 is 1.24. The number of thiophene rings is 1. The molecule has 0 radical (unpaired) electrons. The van der Waals surface area contributed by atoms with Gasteiger partial charge in [-0.05, 0) is 12.5 Å². The van der Waals surface area contributed by atoms with Gasteiger partial charge in [0.2, 0.25) is 0 Å². The van der Waals surface area contributed by atoms with E-state index >= 15 is 0 Å². The van der Waals surface area contributed by atoms with Crippen LogP contribution >= 0.6 is 11.3 Å². The van der Waals surface area contributed by atoms with Gasteiger partial charge in [-0.15, -0.1) is 0 Å². The van der Waals surface area contributed by atoms with Crippen molar-refractivity contribution in [3.63, 3.8) is 0 Å². The Morgan fingerprint density at radius 3 is 2.94 bits per heavy atom. The van der Waals surface area contributed by atoms with Crippen LogP contribution in [0.2, 0.25) is 0 Å². The minimum absolute atomic E-state index is 0.0457. The molecule has 6 nitrogen and oxygen atoms in total. The van der Waals surface area contributed by atoms with Gasteiger partial charge in [-0.3, -0.25) is 10.1 Å². The van der Waals surface area contributed by atoms with Crippen LogP contribution in [-0.4, -0.2) is 24.2 Å². The molecular weight excluding hydrogens is 252 g/mol. The number of hydrogen-bond acceptors (Lipinski definition) is 5. The molecule has 2 aromatic heterocycles. The summed E-state index contributed by atoms with van der Waals surface area (Å²) in [6.07, 6.45) is 0. The fourth-order valence-electron chi connectivity index (χ4n) is 1.84. The zero-order valence-corrected chi connectivity index (χ0v) is 10.7. The Morgan fingerprint density at radius 1 is 1.61 bits per heavy atom. The smallest absolute Gasteiger partial charge is 0.273 e. The average molecular weight is 267 g/mol. The predicted molar refractivity (Wildman–Crippen MR) is 71.6 cm³/mol. The largest absolute Gasteiger partial charge is 0.397 e. The Labute approximate surface area is 108 Å². The van der Waals surface area contributed by atoms with Crippen molar-refractivity contribution in [1.29, 1.82) is 0 Å². The van der Waals surface area contributed by atoms with Crippen LogP contribution < -0.4 is 21.8 Å². The molecule has 0 fully saturated rings. The van der Waals surface area contributed by atoms with Crippen LogP contribution in [0.5, 0.6) is 0 Å². The van der Waals surface area contributed by atoms with E-state index < -0.39 is 5.91 Å². The number of carbonyl (C=O) groups is 1. The quantitative estimate of drug-likeness (QED) is 0.629. The summed E-state index contributed by atoms with van der Waals surface area (Å²) < 4.78 is 0. The second kappa shape index (κ2) is 4.79. The van der Waals surface area contributed by atoms with Gasteiger partial charge >= 0.3 is 0 Å². The lowest BCUT2D eigenvalue weighted by Gasteiger charge is -2.00. The first-order chi connectivity index (χ1) is 8.54. The van der Waals surface area contributed by atoms with E-state index in [0.717, 1.165) is 21.6 Å². The Balaban J connectivity index is 2.56. The SMILES string of the molecule is Cc1cc(NCCO)[nH+]c2sc(C(N)=O)c(N)c12. The second-order valence-corrected chi connectivity index (χ2v) is 4.95. The standard InChI is InChI=1S/C11H14N4O2S/c1-5-4-6(14-2-3-16)15-11-7(5)8(12)9(18-11)10(13)17/h4,16H,2-3,12H2,1H3,(H2,13,17)(H,14,15)/p+1. The molecule has 0 saturated carbocycles. The Bertz CT molecular complexity index is 609. The number of nitrogens with one attached hydrogen (secondary N) is 2. The molecule has 7 heteroatoms. The Hall–Kier alpha value is -1.86. The molecule has 0 aliphatic heterocycles. The highest BCUT2D eigenvalue weighted by molar-refractivity contribution is 7.20. The fourth-order valence-corrected chi connectivity index (χ4v) is 2.89. The van der Waals surface area contributed by atoms with Crippen molar-refractivity contribution in [2.75, 3.05) is 24.2 Å². The first kappa shape index (κ1) is 12.6. The first-order valence-electron chi connectivity index (χ1n) is 5.44. The van der Waals surface area contributed by atoms with Crippen LogP contribution in [0.1, 0.15) is 15.2 Å². The molecule has 0 bridgehead atoms. The third-order valence-electron chi connectivity index (χ3n) is 2.60. The normalized spacial score (nSPS) is 10.8. The molecule has 1 amide bonds. The summed E-state index contributed by atoms with van der Waals surface area (Å²) in [6.45, 7) is 2.41. The first-order valence-corrected chi connectivity index (χ1v) is 6.25. The van der Waals surface area contributed by atoms with Crippen molar-refractivity contribution in [2.24, 2.45) is 5.73 Å². The number of nitrogens with two attached hydrogens (primary N) is 2. The number of amides is 1. The number of carbonyl (C=O) groups excluding carboxylic acids is 1. The van der Waals surface area contributed by atoms with Crippen LogP contribution in [0.15, 0.2) is 6.07 Å². The zero-order chi connectivity index (χ0) is 13.3. The van der Waals surface area contributed by atoms with Gasteiger partial charge in [0.15, 0.2) is 4.83 Å². The van der Waals surface area contributed by atoms with Crippen molar-refractivity contribution < 1.29 is 14.9 Å². The number of primary amides is 1. The molecule has 2 heterocycles. The van der Waals surface area contributed by atoms with E-state index in [1.807, 2.05) is 13.0 Å². The van der Waals surface area contributed by atoms with Gasteiger partial charge in [-0.2, -0.15) is 0 Å². The molecule has 7 N–H and O–H groups in total. The molecule has 96 valence electrons. The maximum atomic E-state index is 11.2. The fraction of sp³-hybridized carbons (Fsp3) is 0.273. The molecule has 0 aliphatic rings. The summed E-state index contributed by atoms with van der Waals surface area (Å²) in [5.74, 6) is 0.248. The number of aryl methyl sites for hydroxylation is 1. The Kier molecular flexibility index (Phi) is 3.35. The molecular formula is C11H15N4O2S+.